The summed E-state index contributed by atoms with van der Waals surface area (Å²) in [7, 11) is 0. The third kappa shape index (κ3) is 14.9. The molecule has 0 amide bonds. The molecule has 51 heteroatoms. The van der Waals surface area contributed by atoms with Crippen LogP contribution in [0.25, 0.3) is 0 Å². The van der Waals surface area contributed by atoms with Gasteiger partial charge in [-0.25, -0.2) is 105 Å². The summed E-state index contributed by atoms with van der Waals surface area (Å²) in [5.41, 5.74) is -10.8. The van der Waals surface area contributed by atoms with E-state index in [-0.39, 0.29) is 0 Å². The molecule has 9 aromatic carbocycles. The first-order chi connectivity index (χ1) is 59.3. The summed E-state index contributed by atoms with van der Waals surface area (Å²) in [5.74, 6) is -147. The van der Waals surface area contributed by atoms with Crippen LogP contribution in [0.1, 0.15) is 11.1 Å². The fourth-order valence-electron chi connectivity index (χ4n) is 14.4. The second-order valence-electron chi connectivity index (χ2n) is 26.1. The first kappa shape index (κ1) is 96.5. The minimum atomic E-state index is -9.74. The van der Waals surface area contributed by atoms with Crippen molar-refractivity contribution in [1.82, 2.24) is 19.9 Å². The van der Waals surface area contributed by atoms with Gasteiger partial charge in [-0.1, -0.05) is 48.5 Å². The van der Waals surface area contributed by atoms with Crippen LogP contribution < -0.4 is 60.2 Å². The molecule has 0 bridgehead atoms. The summed E-state index contributed by atoms with van der Waals surface area (Å²) in [6.07, 6.45) is 6.15. The molecule has 13 rings (SSSR count). The summed E-state index contributed by atoms with van der Waals surface area (Å²) in [6.45, 7) is 1.96. The minimum Gasteiger partial charge on any atom is -0.265 e. The molecule has 0 saturated carbocycles. The zero-order valence-electron chi connectivity index (χ0n) is 60.4. The Morgan fingerprint density at radius 1 is 0.150 bits per heavy atom. The SMILES string of the molecule is Cc1c(F)c(F)c(C)c(F)c1F.Fc1c(F)c(F)[c]([Ga-]([c]2c(F)c(F)c(F)c(F)c2F)([c]2c(F)c(F)c(F)c(F)c2F)[c]2c(F)c(F)c(F)c(F)c2F)c(F)c1F.Fc1c(F)c(F)c([B-](c2c(F)c(F)c(F)c(F)c2F)(c2c(F)c(F)c(F)c(F)c2F)c2c(F)c(F)c(F)c(F)c2F)c(F)c1F.c1cc([B-](c2ccncc2)(c2ccncc2)c2ccncc2)ccn1. The van der Waals surface area contributed by atoms with Gasteiger partial charge in [-0.15, -0.1) is 21.9 Å². The van der Waals surface area contributed by atoms with Crippen molar-refractivity contribution in [3.8, 4) is 0 Å². The van der Waals surface area contributed by atoms with Crippen molar-refractivity contribution in [1.29, 1.82) is 0 Å². The number of rotatable bonds is 12. The smallest absolute Gasteiger partial charge is 0.200 e. The molecule has 0 radical (unpaired) electrons. The van der Waals surface area contributed by atoms with Gasteiger partial charge in [0.1, 0.15) is 58.8 Å². The van der Waals surface area contributed by atoms with E-state index >= 15 is 70.2 Å². The maximum absolute atomic E-state index is 15.4. The van der Waals surface area contributed by atoms with E-state index < -0.39 is 333 Å². The van der Waals surface area contributed by atoms with Gasteiger partial charge >= 0.3 is 236 Å². The first-order valence-electron chi connectivity index (χ1n) is 33.3. The van der Waals surface area contributed by atoms with Gasteiger partial charge in [0.15, 0.2) is 93.1 Å². The first-order valence-corrected chi connectivity index (χ1v) is 38.2. The number of nitrogens with zero attached hydrogens (tertiary/aromatic N) is 4. The Kier molecular flexibility index (Phi) is 27.3. The Balaban J connectivity index is 0.000000192. The van der Waals surface area contributed by atoms with E-state index in [0.29, 0.717) is 0 Å². The summed E-state index contributed by atoms with van der Waals surface area (Å²) in [4.78, 5) is 16.9. The molecule has 13 aromatic rings. The molecule has 0 aliphatic carbocycles. The average Bonchev–Trinajstić information content (AvgIpc) is 0.683. The molecule has 0 aliphatic rings. The summed E-state index contributed by atoms with van der Waals surface area (Å²) >= 11 is -9.74. The number of halogens is 44. The molecule has 0 atom stereocenters. The Labute approximate surface area is 677 Å². The molecule has 0 unspecified atom stereocenters. The maximum Gasteiger partial charge on any atom is 0.200 e. The quantitative estimate of drug-likeness (QED) is 0.0529. The second kappa shape index (κ2) is 36.0. The Bertz CT molecular complexity index is 5330. The molecular weight excluding hydrogens is 1900 g/mol. The third-order valence-corrected chi connectivity index (χ3v) is 31.5. The van der Waals surface area contributed by atoms with E-state index in [9.17, 15) is 123 Å². The topological polar surface area (TPSA) is 51.6 Å². The van der Waals surface area contributed by atoms with Crippen LogP contribution in [-0.2, 0) is 0 Å². The van der Waals surface area contributed by atoms with Gasteiger partial charge in [0.05, 0.1) is 0 Å². The monoisotopic (exact) mass is 1920 g/mol. The van der Waals surface area contributed by atoms with Gasteiger partial charge in [0, 0.05) is 60.7 Å². The largest absolute Gasteiger partial charge is 0.265 e. The van der Waals surface area contributed by atoms with Crippen LogP contribution in [0.2, 0.25) is 0 Å². The Morgan fingerprint density at radius 2 is 0.260 bits per heavy atom. The van der Waals surface area contributed by atoms with Crippen molar-refractivity contribution in [2.75, 3.05) is 0 Å². The van der Waals surface area contributed by atoms with E-state index in [2.05, 4.69) is 68.5 Å². The van der Waals surface area contributed by atoms with Crippen molar-refractivity contribution in [3.63, 3.8) is 0 Å². The predicted molar refractivity (Wildman–Crippen MR) is 355 cm³/mol. The number of benzene rings is 9. The predicted octanol–water partition coefficient (Wildman–Crippen LogP) is 15.2. The van der Waals surface area contributed by atoms with Gasteiger partial charge in [0.25, 0.3) is 0 Å². The molecular formula is C76H22B2F44GaN4-3. The van der Waals surface area contributed by atoms with E-state index in [4.69, 9.17) is 0 Å². The summed E-state index contributed by atoms with van der Waals surface area (Å²) < 4.78 is 625. The van der Waals surface area contributed by atoms with E-state index in [1.165, 1.54) is 21.9 Å². The van der Waals surface area contributed by atoms with Gasteiger partial charge in [0.2, 0.25) is 0 Å². The maximum atomic E-state index is 15.4. The van der Waals surface area contributed by atoms with Crippen LogP contribution in [-0.4, -0.2) is 47.3 Å². The van der Waals surface area contributed by atoms with Crippen LogP contribution in [0.3, 0.4) is 0 Å². The number of aromatic nitrogens is 4. The molecule has 4 nitrogen and oxygen atoms in total. The van der Waals surface area contributed by atoms with E-state index in [1.807, 2.05) is 49.6 Å². The zero-order valence-corrected chi connectivity index (χ0v) is 62.8. The molecule has 4 aromatic heterocycles. The molecule has 666 valence electrons. The molecule has 0 aliphatic heterocycles. The molecule has 0 saturated heterocycles. The second-order valence-corrected chi connectivity index (χ2v) is 34.6. The third-order valence-electron chi connectivity index (χ3n) is 19.9. The Morgan fingerprint density at radius 3 is 0.386 bits per heavy atom. The minimum absolute atomic E-state index is 0.629. The Hall–Kier alpha value is -12.7. The van der Waals surface area contributed by atoms with Crippen LogP contribution in [0, 0.1) is 270 Å². The van der Waals surface area contributed by atoms with Gasteiger partial charge in [-0.3, -0.25) is 19.9 Å². The van der Waals surface area contributed by atoms with Gasteiger partial charge < -0.3 is 0 Å². The number of hydrogen-bond donors (Lipinski definition) is 0. The van der Waals surface area contributed by atoms with E-state index in [1.54, 1.807) is 0 Å². The normalized spacial score (nSPS) is 11.7. The molecule has 0 N–H and O–H groups in total. The molecule has 0 spiro atoms. The summed E-state index contributed by atoms with van der Waals surface area (Å²) in [5, 5.41) is 0. The van der Waals surface area contributed by atoms with Crippen LogP contribution in [0.5, 0.6) is 0 Å². The standard InChI is InChI=1S/C24BF20.C20H16BN4.C8H6F4.4C6F5.Ga/c26-5-1(6(27)14(35)21(42)13(5)34)25(2-7(28)15(36)22(43)16(37)8(2)29,3-9(30)17(38)23(44)18(39)10(3)31)4-11(32)19(40)24(45)20(41)12(4)33;1-9-22-10-2-17(1)21(18-3-11-23-12-4-18,19-5-13-24-14-6-19)20-7-15-25-16-8-20;1-3-5(9)7(11)4(2)8(12)6(3)10;4*7-2-1-3(8)5(10)6(11)4(2)9;/h;1-16H;1-2H3;;;;;/q2*-1;;;;;;-1. The van der Waals surface area contributed by atoms with Crippen molar-refractivity contribution in [2.24, 2.45) is 0 Å². The molecule has 4 heterocycles. The van der Waals surface area contributed by atoms with Crippen molar-refractivity contribution >= 4 is 87.5 Å². The van der Waals surface area contributed by atoms with Crippen LogP contribution >= 0.6 is 0 Å². The van der Waals surface area contributed by atoms with Crippen LogP contribution in [0.4, 0.5) is 193 Å². The average molecular weight is 1920 g/mol. The van der Waals surface area contributed by atoms with Crippen molar-refractivity contribution < 1.29 is 193 Å². The van der Waals surface area contributed by atoms with Crippen molar-refractivity contribution in [3.05, 3.63) is 365 Å². The van der Waals surface area contributed by atoms with Crippen LogP contribution in [0.15, 0.2) is 98.1 Å². The zero-order chi connectivity index (χ0) is 95.1. The fraction of sp³-hybridized carbons (Fsp3) is 0.0263. The van der Waals surface area contributed by atoms with Gasteiger partial charge in [-0.2, -0.15) is 21.9 Å². The molecule has 0 fully saturated rings. The van der Waals surface area contributed by atoms with E-state index in [0.717, 1.165) is 13.8 Å². The van der Waals surface area contributed by atoms with Crippen molar-refractivity contribution in [2.45, 2.75) is 13.8 Å². The molecule has 127 heavy (non-hydrogen) atoms. The van der Waals surface area contributed by atoms with Gasteiger partial charge in [-0.05, 0) is 13.8 Å². The number of pyridine rings is 4. The number of hydrogen-bond acceptors (Lipinski definition) is 4. The fourth-order valence-corrected chi connectivity index (χ4v) is 26.5. The summed E-state index contributed by atoms with van der Waals surface area (Å²) in [6, 6.07) is 16.7.